The van der Waals surface area contributed by atoms with E-state index in [-0.39, 0.29) is 11.9 Å². The number of hydrogen-bond acceptors (Lipinski definition) is 3. The molecule has 3 nitrogen and oxygen atoms in total. The fourth-order valence-electron chi connectivity index (χ4n) is 3.20. The molecule has 0 fully saturated rings. The van der Waals surface area contributed by atoms with Crippen molar-refractivity contribution in [1.82, 2.24) is 9.97 Å². The second-order valence-electron chi connectivity index (χ2n) is 7.39. The summed E-state index contributed by atoms with van der Waals surface area (Å²) < 4.78 is 14.2. The van der Waals surface area contributed by atoms with E-state index in [4.69, 9.17) is 0 Å². The number of allylic oxidation sites excluding steroid dienone is 2. The topological polar surface area (TPSA) is 46.0 Å². The molecule has 0 spiro atoms. The third-order valence-corrected chi connectivity index (χ3v) is 4.90. The third-order valence-electron chi connectivity index (χ3n) is 4.90. The molecular weight excluding hydrogens is 375 g/mol. The Morgan fingerprint density at radius 3 is 2.23 bits per heavy atom. The van der Waals surface area contributed by atoms with Crippen molar-refractivity contribution in [1.29, 1.82) is 0 Å². The number of nitrogens with zero attached hydrogens (tertiary/aromatic N) is 2. The lowest BCUT2D eigenvalue weighted by atomic mass is 10.00. The van der Waals surface area contributed by atoms with E-state index in [9.17, 15) is 9.50 Å². The molecule has 30 heavy (non-hydrogen) atoms. The van der Waals surface area contributed by atoms with E-state index in [0.717, 1.165) is 41.5 Å². The molecule has 1 unspecified atom stereocenters. The monoisotopic (exact) mass is 402 g/mol. The van der Waals surface area contributed by atoms with Crippen LogP contribution in [0.5, 0.6) is 0 Å². The summed E-state index contributed by atoms with van der Waals surface area (Å²) in [5.41, 5.74) is 4.40. The molecule has 0 bridgehead atoms. The van der Waals surface area contributed by atoms with Crippen molar-refractivity contribution in [2.24, 2.45) is 0 Å². The van der Waals surface area contributed by atoms with Gasteiger partial charge in [0.05, 0.1) is 6.10 Å². The fourth-order valence-corrected chi connectivity index (χ4v) is 3.20. The van der Waals surface area contributed by atoms with Crippen LogP contribution in [0.2, 0.25) is 0 Å². The van der Waals surface area contributed by atoms with Gasteiger partial charge in [-0.25, -0.2) is 14.4 Å². The number of aliphatic hydroxyl groups is 1. The SMILES string of the molecule is C=CCc1ccc(-c2ccc(-c3cnc(/C=C/CCCC(C)O)nc3)cc2)cc1F. The largest absolute Gasteiger partial charge is 0.393 e. The summed E-state index contributed by atoms with van der Waals surface area (Å²) in [5.74, 6) is 0.460. The molecular formula is C26H27FN2O. The number of unbranched alkanes of at least 4 members (excludes halogenated alkanes) is 1. The van der Waals surface area contributed by atoms with Crippen LogP contribution in [0.25, 0.3) is 28.3 Å². The van der Waals surface area contributed by atoms with Crippen molar-refractivity contribution >= 4 is 6.08 Å². The zero-order valence-corrected chi connectivity index (χ0v) is 17.3. The molecule has 2 aromatic carbocycles. The zero-order chi connectivity index (χ0) is 21.3. The van der Waals surface area contributed by atoms with Crippen molar-refractivity contribution in [3.8, 4) is 22.3 Å². The molecule has 154 valence electrons. The molecule has 1 atom stereocenters. The van der Waals surface area contributed by atoms with Crippen LogP contribution in [-0.2, 0) is 6.42 Å². The van der Waals surface area contributed by atoms with E-state index >= 15 is 0 Å². The Kier molecular flexibility index (Phi) is 7.63. The van der Waals surface area contributed by atoms with Gasteiger partial charge in [0.25, 0.3) is 0 Å². The molecule has 3 aromatic rings. The molecule has 0 amide bonds. The lowest BCUT2D eigenvalue weighted by Crippen LogP contribution is -1.97. The van der Waals surface area contributed by atoms with Crippen LogP contribution in [-0.4, -0.2) is 21.2 Å². The van der Waals surface area contributed by atoms with Crippen molar-refractivity contribution in [3.63, 3.8) is 0 Å². The van der Waals surface area contributed by atoms with Crippen LogP contribution >= 0.6 is 0 Å². The highest BCUT2D eigenvalue weighted by molar-refractivity contribution is 5.70. The number of halogens is 1. The first-order valence-corrected chi connectivity index (χ1v) is 10.2. The molecule has 1 N–H and O–H groups in total. The summed E-state index contributed by atoms with van der Waals surface area (Å²) >= 11 is 0. The Labute approximate surface area is 177 Å². The van der Waals surface area contributed by atoms with E-state index in [1.807, 2.05) is 48.6 Å². The summed E-state index contributed by atoms with van der Waals surface area (Å²) in [6.07, 6.45) is 12.2. The second kappa shape index (κ2) is 10.6. The predicted molar refractivity (Wildman–Crippen MR) is 121 cm³/mol. The van der Waals surface area contributed by atoms with E-state index < -0.39 is 0 Å². The minimum Gasteiger partial charge on any atom is -0.393 e. The third kappa shape index (κ3) is 5.94. The number of benzene rings is 2. The van der Waals surface area contributed by atoms with Gasteiger partial charge >= 0.3 is 0 Å². The molecule has 0 aliphatic rings. The predicted octanol–water partition coefficient (Wildman–Crippen LogP) is 6.24. The van der Waals surface area contributed by atoms with Crippen LogP contribution in [0, 0.1) is 5.82 Å². The highest BCUT2D eigenvalue weighted by atomic mass is 19.1. The van der Waals surface area contributed by atoms with Crippen LogP contribution in [0.15, 0.2) is 73.6 Å². The van der Waals surface area contributed by atoms with Gasteiger partial charge in [-0.15, -0.1) is 6.58 Å². The molecule has 0 saturated carbocycles. The van der Waals surface area contributed by atoms with Crippen LogP contribution in [0.3, 0.4) is 0 Å². The molecule has 1 heterocycles. The number of rotatable bonds is 9. The van der Waals surface area contributed by atoms with E-state index in [2.05, 4.69) is 16.5 Å². The summed E-state index contributed by atoms with van der Waals surface area (Å²) in [6, 6.07) is 13.3. The van der Waals surface area contributed by atoms with E-state index in [1.54, 1.807) is 31.5 Å². The first-order valence-electron chi connectivity index (χ1n) is 10.2. The first kappa shape index (κ1) is 21.6. The van der Waals surface area contributed by atoms with Gasteiger partial charge in [0, 0.05) is 18.0 Å². The molecule has 0 radical (unpaired) electrons. The van der Waals surface area contributed by atoms with Gasteiger partial charge in [-0.05, 0) is 67.0 Å². The average molecular weight is 403 g/mol. The maximum atomic E-state index is 14.2. The van der Waals surface area contributed by atoms with E-state index in [0.29, 0.717) is 17.8 Å². The van der Waals surface area contributed by atoms with Crippen molar-refractivity contribution in [3.05, 3.63) is 90.8 Å². The van der Waals surface area contributed by atoms with Gasteiger partial charge in [-0.1, -0.05) is 48.6 Å². The quantitative estimate of drug-likeness (QED) is 0.340. The standard InChI is InChI=1S/C26H27FN2O/c1-3-7-22-14-15-23(16-25(22)27)20-10-12-21(13-11-20)24-17-28-26(29-18-24)9-6-4-5-8-19(2)30/h3,6,9-19,30H,1,4-5,7-8H2,2H3/b9-6+. The Balaban J connectivity index is 1.65. The number of aliphatic hydroxyl groups excluding tert-OH is 1. The van der Waals surface area contributed by atoms with Crippen LogP contribution < -0.4 is 0 Å². The number of hydrogen-bond donors (Lipinski definition) is 1. The Morgan fingerprint density at radius 2 is 1.63 bits per heavy atom. The lowest BCUT2D eigenvalue weighted by Gasteiger charge is -2.07. The molecule has 0 saturated heterocycles. The minimum absolute atomic E-state index is 0.209. The highest BCUT2D eigenvalue weighted by Crippen LogP contribution is 2.26. The molecule has 4 heteroatoms. The first-order chi connectivity index (χ1) is 14.6. The normalized spacial score (nSPS) is 12.2. The van der Waals surface area contributed by atoms with Gasteiger partial charge in [0.1, 0.15) is 5.82 Å². The molecule has 0 aliphatic heterocycles. The van der Waals surface area contributed by atoms with Crippen molar-refractivity contribution in [2.45, 2.75) is 38.7 Å². The van der Waals surface area contributed by atoms with E-state index in [1.165, 1.54) is 0 Å². The highest BCUT2D eigenvalue weighted by Gasteiger charge is 2.05. The Morgan fingerprint density at radius 1 is 1.00 bits per heavy atom. The summed E-state index contributed by atoms with van der Waals surface area (Å²) in [4.78, 5) is 8.80. The van der Waals surface area contributed by atoms with Crippen LogP contribution in [0.4, 0.5) is 4.39 Å². The average Bonchev–Trinajstić information content (AvgIpc) is 2.75. The van der Waals surface area contributed by atoms with Gasteiger partial charge in [0.15, 0.2) is 5.82 Å². The Bertz CT molecular complexity index is 993. The van der Waals surface area contributed by atoms with Crippen LogP contribution in [0.1, 0.15) is 37.6 Å². The second-order valence-corrected chi connectivity index (χ2v) is 7.39. The Hall–Kier alpha value is -3.11. The van der Waals surface area contributed by atoms with Crippen molar-refractivity contribution in [2.75, 3.05) is 0 Å². The van der Waals surface area contributed by atoms with Gasteiger partial charge in [-0.3, -0.25) is 0 Å². The lowest BCUT2D eigenvalue weighted by molar-refractivity contribution is 0.182. The minimum atomic E-state index is -0.254. The maximum absolute atomic E-state index is 14.2. The zero-order valence-electron chi connectivity index (χ0n) is 17.3. The summed E-state index contributed by atoms with van der Waals surface area (Å²) in [5, 5.41) is 9.26. The smallest absolute Gasteiger partial charge is 0.151 e. The summed E-state index contributed by atoms with van der Waals surface area (Å²) in [6.45, 7) is 5.46. The van der Waals surface area contributed by atoms with Gasteiger partial charge in [-0.2, -0.15) is 0 Å². The molecule has 3 rings (SSSR count). The summed E-state index contributed by atoms with van der Waals surface area (Å²) in [7, 11) is 0. The fraction of sp³-hybridized carbons (Fsp3) is 0.231. The van der Waals surface area contributed by atoms with Crippen molar-refractivity contribution < 1.29 is 9.50 Å². The maximum Gasteiger partial charge on any atom is 0.151 e. The van der Waals surface area contributed by atoms with Gasteiger partial charge in [0.2, 0.25) is 0 Å². The molecule has 1 aromatic heterocycles. The molecule has 0 aliphatic carbocycles. The van der Waals surface area contributed by atoms with Gasteiger partial charge < -0.3 is 5.11 Å². The number of aromatic nitrogens is 2.